The van der Waals surface area contributed by atoms with E-state index in [-0.39, 0.29) is 67.5 Å². The van der Waals surface area contributed by atoms with Crippen LogP contribution in [-0.4, -0.2) is 28.2 Å². The fourth-order valence-electron chi connectivity index (χ4n) is 0. The Kier molecular flexibility index (Phi) is 14.8. The second kappa shape index (κ2) is 6.42. The number of hydrogen-bond donors (Lipinski definition) is 4. The minimum atomic E-state index is -4.61. The molecule has 0 heterocycles. The van der Waals surface area contributed by atoms with Crippen molar-refractivity contribution in [2.45, 2.75) is 0 Å². The Hall–Kier alpha value is 2.30. The summed E-state index contributed by atoms with van der Waals surface area (Å²) in [5.74, 6) is 0. The zero-order valence-corrected chi connectivity index (χ0v) is 10.5. The van der Waals surface area contributed by atoms with Crippen LogP contribution in [0.25, 0.3) is 0 Å². The Labute approximate surface area is 94.1 Å². The average molecular weight is 328 g/mol. The Morgan fingerprint density at radius 1 is 0.857 bits per heavy atom. The summed E-state index contributed by atoms with van der Waals surface area (Å²) in [6, 6.07) is 0. The van der Waals surface area contributed by atoms with E-state index in [9.17, 15) is 0 Å². The minimum absolute atomic E-state index is 0. The maximum absolute atomic E-state index is 7.33. The Balaban J connectivity index is -0.0000000800. The van der Waals surface area contributed by atoms with Crippen LogP contribution in [0.4, 0.5) is 0 Å². The quantitative estimate of drug-likeness (QED) is 0.367. The summed E-state index contributed by atoms with van der Waals surface area (Å²) < 4.78 is 0. The average Bonchev–Trinajstić information content (AvgIpc) is 0.722. The van der Waals surface area contributed by atoms with Crippen LogP contribution in [0, 0.1) is 41.3 Å². The first kappa shape index (κ1) is 16.1. The zero-order chi connectivity index (χ0) is 4.50. The molecule has 1 radical (unpaired) electrons. The normalized spacial score (nSPS) is 8.57. The molecule has 0 saturated carbocycles. The summed E-state index contributed by atoms with van der Waals surface area (Å²) in [6.45, 7) is 0. The maximum atomic E-state index is 7.33. The Morgan fingerprint density at radius 3 is 0.857 bits per heavy atom. The molecule has 4 N–H and O–H groups in total. The third-order valence-corrected chi connectivity index (χ3v) is 0. The van der Waals surface area contributed by atoms with Gasteiger partial charge in [0.15, 0.2) is 0 Å². The summed E-state index contributed by atoms with van der Waals surface area (Å²) in [5.41, 5.74) is 0. The van der Waals surface area contributed by atoms with E-state index in [1.54, 1.807) is 0 Å². The first-order valence-electron chi connectivity index (χ1n) is 0.894. The van der Waals surface area contributed by atoms with Crippen LogP contribution < -0.4 is 0 Å². The Bertz CT molecular complexity index is 27.2. The first-order chi connectivity index (χ1) is 2.00. The van der Waals surface area contributed by atoms with Crippen molar-refractivity contribution >= 4 is 9.05 Å². The molecule has 0 spiro atoms. The molecule has 0 unspecified atom stereocenters. The van der Waals surface area contributed by atoms with Gasteiger partial charge in [0.1, 0.15) is 0 Å². The van der Waals surface area contributed by atoms with Crippen LogP contribution in [0.5, 0.6) is 0 Å². The molecule has 0 aliphatic rings. The molecule has 0 aliphatic heterocycles. The van der Waals surface area contributed by atoms with Gasteiger partial charge in [0.25, 0.3) is 0 Å². The molecule has 0 amide bonds. The van der Waals surface area contributed by atoms with Crippen molar-refractivity contribution in [1.29, 1.82) is 0 Å². The van der Waals surface area contributed by atoms with Crippen molar-refractivity contribution in [1.82, 2.24) is 0 Å². The van der Waals surface area contributed by atoms with Gasteiger partial charge in [-0.05, 0) is 0 Å². The number of hydrogen-bond acceptors (Lipinski definition) is 4. The van der Waals surface area contributed by atoms with Crippen LogP contribution in [0.1, 0.15) is 0 Å². The van der Waals surface area contributed by atoms with Gasteiger partial charge < -0.3 is 19.2 Å². The van der Waals surface area contributed by atoms with Crippen LogP contribution in [0.2, 0.25) is 0 Å². The largest absolute Gasteiger partial charge is 0.668 e. The summed E-state index contributed by atoms with van der Waals surface area (Å²) in [4.78, 5) is 29.3. The molecule has 0 rings (SSSR count). The van der Waals surface area contributed by atoms with E-state index in [0.29, 0.717) is 0 Å². The van der Waals surface area contributed by atoms with Gasteiger partial charge in [-0.2, -0.15) is 0 Å². The van der Waals surface area contributed by atoms with Gasteiger partial charge in [-0.1, -0.05) is 0 Å². The monoisotopic (exact) mass is 327 g/mol. The molecule has 0 bridgehead atoms. The van der Waals surface area contributed by atoms with Crippen LogP contribution >= 0.6 is 0 Å². The van der Waals surface area contributed by atoms with Crippen LogP contribution in [0.3, 0.4) is 0 Å². The number of rotatable bonds is 0. The molecule has 0 aromatic rings. The van der Waals surface area contributed by atoms with Crippen molar-refractivity contribution < 1.29 is 86.7 Å². The first-order valence-corrected chi connectivity index (χ1v) is 2.68. The third kappa shape index (κ3) is 62.2. The molecule has 39 valence electrons. The molecule has 7 heavy (non-hydrogen) atoms. The summed E-state index contributed by atoms with van der Waals surface area (Å²) >= 11 is 0. The van der Waals surface area contributed by atoms with E-state index in [1.807, 2.05) is 0 Å². The second-order valence-electron chi connectivity index (χ2n) is 0.600. The second-order valence-corrected chi connectivity index (χ2v) is 1.80. The molecule has 0 aliphatic carbocycles. The van der Waals surface area contributed by atoms with Crippen LogP contribution in [0.15, 0.2) is 0 Å². The zero-order valence-electron chi connectivity index (χ0n) is 3.37. The molecular weight excluding hydrogens is 324 g/mol. The molecular formula is H4O4PrSiZr. The molecule has 0 saturated heterocycles. The topological polar surface area (TPSA) is 80.9 Å². The van der Waals surface area contributed by atoms with E-state index < -0.39 is 9.05 Å². The van der Waals surface area contributed by atoms with E-state index in [0.717, 1.165) is 0 Å². The van der Waals surface area contributed by atoms with Crippen molar-refractivity contribution in [2.24, 2.45) is 0 Å². The van der Waals surface area contributed by atoms with E-state index in [1.165, 1.54) is 0 Å². The third-order valence-electron chi connectivity index (χ3n) is 0. The van der Waals surface area contributed by atoms with Crippen molar-refractivity contribution in [3.8, 4) is 0 Å². The van der Waals surface area contributed by atoms with Gasteiger partial charge in [-0.25, -0.2) is 0 Å². The van der Waals surface area contributed by atoms with Gasteiger partial charge in [0, 0.05) is 67.5 Å². The summed E-state index contributed by atoms with van der Waals surface area (Å²) in [6.07, 6.45) is 0. The van der Waals surface area contributed by atoms with Gasteiger partial charge in [0.2, 0.25) is 0 Å². The standard InChI is InChI=1S/H4O4Si.Pr.Zr/c1-5(2,3)4;;/h1-4H;;. The van der Waals surface area contributed by atoms with Crippen molar-refractivity contribution in [2.75, 3.05) is 0 Å². The minimum Gasteiger partial charge on any atom is -0.368 e. The van der Waals surface area contributed by atoms with Crippen LogP contribution in [-0.2, 0) is 26.2 Å². The molecule has 0 aromatic heterocycles. The molecule has 0 aromatic carbocycles. The van der Waals surface area contributed by atoms with Gasteiger partial charge in [-0.15, -0.1) is 0 Å². The molecule has 4 nitrogen and oxygen atoms in total. The maximum Gasteiger partial charge on any atom is 0.668 e. The predicted molar refractivity (Wildman–Crippen MR) is 14.6 cm³/mol. The summed E-state index contributed by atoms with van der Waals surface area (Å²) in [5, 5.41) is 0. The fourth-order valence-corrected chi connectivity index (χ4v) is 0. The molecule has 0 atom stereocenters. The summed E-state index contributed by atoms with van der Waals surface area (Å²) in [7, 11) is -4.61. The van der Waals surface area contributed by atoms with E-state index >= 15 is 0 Å². The van der Waals surface area contributed by atoms with Crippen molar-refractivity contribution in [3.63, 3.8) is 0 Å². The predicted octanol–water partition coefficient (Wildman–Crippen LogP) is -2.61. The van der Waals surface area contributed by atoms with Gasteiger partial charge in [-0.3, -0.25) is 0 Å². The Morgan fingerprint density at radius 2 is 0.857 bits per heavy atom. The SMILES string of the molecule is O[Si](O)(O)O.[Pr].[Zr]. The van der Waals surface area contributed by atoms with Crippen molar-refractivity contribution in [3.05, 3.63) is 0 Å². The van der Waals surface area contributed by atoms with E-state index in [2.05, 4.69) is 0 Å². The van der Waals surface area contributed by atoms with E-state index in [4.69, 9.17) is 19.2 Å². The fraction of sp³-hybridized carbons (Fsp3) is 0. The molecule has 7 heteroatoms. The molecule has 0 fully saturated rings. The smallest absolute Gasteiger partial charge is 0.368 e. The van der Waals surface area contributed by atoms with Gasteiger partial charge >= 0.3 is 9.05 Å². The van der Waals surface area contributed by atoms with Gasteiger partial charge in [0.05, 0.1) is 0 Å².